The number of hydrogen-bond acceptors (Lipinski definition) is 9. The zero-order valence-electron chi connectivity index (χ0n) is 19.4. The Bertz CT molecular complexity index is 1400. The first-order chi connectivity index (χ1) is 16.9. The number of nitrogens with zero attached hydrogens (tertiary/aromatic N) is 4. The third kappa shape index (κ3) is 4.89. The zero-order valence-corrected chi connectivity index (χ0v) is 20.2. The molecule has 0 saturated carbocycles. The number of carboxylic acid groups (broad SMARTS) is 1. The van der Waals surface area contributed by atoms with Crippen molar-refractivity contribution in [2.24, 2.45) is 0 Å². The Morgan fingerprint density at radius 1 is 1.26 bits per heavy atom. The predicted octanol–water partition coefficient (Wildman–Crippen LogP) is 3.69. The molecule has 3 N–H and O–H groups in total. The van der Waals surface area contributed by atoms with Gasteiger partial charge in [-0.2, -0.15) is 0 Å². The molecule has 0 saturated heterocycles. The van der Waals surface area contributed by atoms with Gasteiger partial charge in [-0.25, -0.2) is 19.7 Å². The number of carbonyl (C=O) groups is 1. The van der Waals surface area contributed by atoms with Crippen molar-refractivity contribution >= 4 is 33.5 Å². The molecule has 1 aliphatic heterocycles. The predicted molar refractivity (Wildman–Crippen MR) is 134 cm³/mol. The van der Waals surface area contributed by atoms with E-state index in [1.807, 2.05) is 32.3 Å². The van der Waals surface area contributed by atoms with E-state index >= 15 is 0 Å². The smallest absolute Gasteiger partial charge is 0.335 e. The molecule has 5 rings (SSSR count). The Hall–Kier alpha value is -3.76. The van der Waals surface area contributed by atoms with Crippen LogP contribution in [0.25, 0.3) is 21.5 Å². The Morgan fingerprint density at radius 2 is 2.11 bits per heavy atom. The van der Waals surface area contributed by atoms with Gasteiger partial charge in [0.25, 0.3) is 0 Å². The van der Waals surface area contributed by atoms with E-state index in [1.54, 1.807) is 35.7 Å². The van der Waals surface area contributed by atoms with Gasteiger partial charge in [0.1, 0.15) is 28.6 Å². The van der Waals surface area contributed by atoms with Gasteiger partial charge in [-0.1, -0.05) is 0 Å². The third-order valence-corrected chi connectivity index (χ3v) is 6.97. The van der Waals surface area contributed by atoms with E-state index in [4.69, 9.17) is 20.2 Å². The molecule has 3 heterocycles. The molecule has 0 spiro atoms. The Kier molecular flexibility index (Phi) is 6.23. The van der Waals surface area contributed by atoms with E-state index in [9.17, 15) is 9.90 Å². The fourth-order valence-electron chi connectivity index (χ4n) is 4.01. The van der Waals surface area contributed by atoms with E-state index in [1.165, 1.54) is 0 Å². The number of aromatic nitrogens is 3. The Balaban J connectivity index is 1.51. The van der Waals surface area contributed by atoms with Crippen LogP contribution in [0.5, 0.6) is 11.5 Å². The monoisotopic (exact) mass is 491 g/mol. The number of nitrogen functional groups attached to an aromatic ring is 1. The van der Waals surface area contributed by atoms with Crippen LogP contribution in [0.15, 0.2) is 42.6 Å². The summed E-state index contributed by atoms with van der Waals surface area (Å²) in [5.74, 6) is 0.679. The normalized spacial score (nSPS) is 15.1. The highest BCUT2D eigenvalue weighted by atomic mass is 32.1. The van der Waals surface area contributed by atoms with Crippen LogP contribution in [0.3, 0.4) is 0 Å². The van der Waals surface area contributed by atoms with Crippen LogP contribution in [-0.4, -0.2) is 64.8 Å². The second kappa shape index (κ2) is 9.47. The average Bonchev–Trinajstić information content (AvgIpc) is 3.27. The quantitative estimate of drug-likeness (QED) is 0.398. The van der Waals surface area contributed by atoms with E-state index in [0.717, 1.165) is 38.6 Å². The standard InChI is InChI=1S/C25H25N5O4S/c1-30(2)7-8-33-20-11-15(18-5-6-27-25(26)28-18)12-21-22(20)29-23(35-21)17-10-16-9-14(24(31)32)3-4-19(16)34-13-17/h3-6,9,11-12,17H,7-8,10,13H2,1-2H3,(H,31,32)(H2,26,27,28). The first-order valence-electron chi connectivity index (χ1n) is 11.2. The van der Waals surface area contributed by atoms with Gasteiger partial charge in [0, 0.05) is 24.2 Å². The van der Waals surface area contributed by atoms with Crippen molar-refractivity contribution in [2.45, 2.75) is 12.3 Å². The molecule has 1 unspecified atom stereocenters. The average molecular weight is 492 g/mol. The minimum Gasteiger partial charge on any atom is -0.493 e. The highest BCUT2D eigenvalue weighted by Crippen LogP contribution is 2.40. The number of likely N-dealkylation sites (N-methyl/N-ethyl adjacent to an activating group) is 1. The third-order valence-electron chi connectivity index (χ3n) is 5.81. The van der Waals surface area contributed by atoms with Crippen molar-refractivity contribution in [1.29, 1.82) is 0 Å². The number of fused-ring (bicyclic) bond motifs is 2. The lowest BCUT2D eigenvalue weighted by molar-refractivity contribution is 0.0696. The summed E-state index contributed by atoms with van der Waals surface area (Å²) in [7, 11) is 3.99. The number of carboxylic acids is 1. The largest absolute Gasteiger partial charge is 0.493 e. The van der Waals surface area contributed by atoms with Crippen molar-refractivity contribution in [1.82, 2.24) is 19.9 Å². The second-order valence-electron chi connectivity index (χ2n) is 8.66. The molecule has 1 aliphatic rings. The Labute approximate surface area is 206 Å². The van der Waals surface area contributed by atoms with Gasteiger partial charge in [-0.15, -0.1) is 11.3 Å². The molecule has 4 aromatic rings. The maximum Gasteiger partial charge on any atom is 0.335 e. The SMILES string of the molecule is CN(C)CCOc1cc(-c2ccnc(N)n2)cc2sc(C3COc4ccc(C(=O)O)cc4C3)nc12. The number of benzene rings is 2. The van der Waals surface area contributed by atoms with Crippen LogP contribution in [0.2, 0.25) is 0 Å². The highest BCUT2D eigenvalue weighted by Gasteiger charge is 2.26. The topological polar surface area (TPSA) is 124 Å². The summed E-state index contributed by atoms with van der Waals surface area (Å²) in [6.45, 7) is 1.76. The molecule has 2 aromatic carbocycles. The first-order valence-corrected chi connectivity index (χ1v) is 12.0. The molecule has 1 atom stereocenters. The van der Waals surface area contributed by atoms with E-state index in [-0.39, 0.29) is 17.4 Å². The molecule has 0 radical (unpaired) electrons. The van der Waals surface area contributed by atoms with Crippen molar-refractivity contribution < 1.29 is 19.4 Å². The molecule has 0 bridgehead atoms. The van der Waals surface area contributed by atoms with Crippen molar-refractivity contribution in [3.05, 3.63) is 58.7 Å². The number of aromatic carboxylic acids is 1. The maximum atomic E-state index is 11.4. The van der Waals surface area contributed by atoms with Gasteiger partial charge in [-0.05, 0) is 62.5 Å². The molecule has 2 aromatic heterocycles. The summed E-state index contributed by atoms with van der Waals surface area (Å²) < 4.78 is 13.1. The highest BCUT2D eigenvalue weighted by molar-refractivity contribution is 7.18. The number of thiazole rings is 1. The first kappa shape index (κ1) is 23.0. The van der Waals surface area contributed by atoms with Crippen molar-refractivity contribution in [3.63, 3.8) is 0 Å². The van der Waals surface area contributed by atoms with Crippen molar-refractivity contribution in [3.8, 4) is 22.8 Å². The lowest BCUT2D eigenvalue weighted by Crippen LogP contribution is -2.20. The molecular weight excluding hydrogens is 466 g/mol. The summed E-state index contributed by atoms with van der Waals surface area (Å²) in [6, 6.07) is 10.8. The van der Waals surface area contributed by atoms with Crippen molar-refractivity contribution in [2.75, 3.05) is 39.6 Å². The molecule has 35 heavy (non-hydrogen) atoms. The van der Waals surface area contributed by atoms with E-state index in [0.29, 0.717) is 31.1 Å². The van der Waals surface area contributed by atoms with Gasteiger partial charge in [0.05, 0.1) is 22.6 Å². The molecule has 9 nitrogen and oxygen atoms in total. The lowest BCUT2D eigenvalue weighted by Gasteiger charge is -2.24. The summed E-state index contributed by atoms with van der Waals surface area (Å²) in [4.78, 5) is 26.8. The number of hydrogen-bond donors (Lipinski definition) is 2. The van der Waals surface area contributed by atoms with Gasteiger partial charge < -0.3 is 25.2 Å². The molecule has 10 heteroatoms. The van der Waals surface area contributed by atoms with Crippen LogP contribution < -0.4 is 15.2 Å². The van der Waals surface area contributed by atoms with Gasteiger partial charge in [-0.3, -0.25) is 0 Å². The minimum absolute atomic E-state index is 0.0108. The van der Waals surface area contributed by atoms with Crippen LogP contribution in [0, 0.1) is 0 Å². The summed E-state index contributed by atoms with van der Waals surface area (Å²) in [5, 5.41) is 10.3. The van der Waals surface area contributed by atoms with Gasteiger partial charge in [0.2, 0.25) is 5.95 Å². The van der Waals surface area contributed by atoms with Gasteiger partial charge in [0.15, 0.2) is 0 Å². The maximum absolute atomic E-state index is 11.4. The number of rotatable bonds is 7. The fourth-order valence-corrected chi connectivity index (χ4v) is 5.12. The molecular formula is C25H25N5O4S. The summed E-state index contributed by atoms with van der Waals surface area (Å²) >= 11 is 1.58. The number of anilines is 1. The van der Waals surface area contributed by atoms with Crippen LogP contribution in [0.4, 0.5) is 5.95 Å². The van der Waals surface area contributed by atoms with E-state index < -0.39 is 5.97 Å². The molecule has 0 fully saturated rings. The summed E-state index contributed by atoms with van der Waals surface area (Å²) in [6.07, 6.45) is 2.29. The number of ether oxygens (including phenoxy) is 2. The van der Waals surface area contributed by atoms with Crippen LogP contribution in [-0.2, 0) is 6.42 Å². The Morgan fingerprint density at radius 3 is 2.89 bits per heavy atom. The zero-order chi connectivity index (χ0) is 24.5. The molecule has 180 valence electrons. The summed E-state index contributed by atoms with van der Waals surface area (Å²) in [5.41, 5.74) is 9.31. The van der Waals surface area contributed by atoms with Crippen LogP contribution in [0.1, 0.15) is 26.8 Å². The number of nitrogens with two attached hydrogens (primary N) is 1. The van der Waals surface area contributed by atoms with Gasteiger partial charge >= 0.3 is 5.97 Å². The second-order valence-corrected chi connectivity index (χ2v) is 9.73. The lowest BCUT2D eigenvalue weighted by atomic mass is 9.96. The minimum atomic E-state index is -0.952. The molecule has 0 amide bonds. The molecule has 0 aliphatic carbocycles. The fraction of sp³-hybridized carbons (Fsp3) is 0.280. The van der Waals surface area contributed by atoms with E-state index in [2.05, 4.69) is 14.9 Å². The van der Waals surface area contributed by atoms with Crippen LogP contribution >= 0.6 is 11.3 Å².